The lowest BCUT2D eigenvalue weighted by Gasteiger charge is -2.15. The number of hydrogen-bond donors (Lipinski definition) is 3. The number of carboxylic acid groups (broad SMARTS) is 1. The number of benzene rings is 3. The SMILES string of the molecule is COc1ccc(C(=O)O)cc1S(=O)(=O)Nc1ccccc1C(=O)Nc1ccc(Cl)cc1. The molecule has 0 radical (unpaired) electrons. The standard InChI is InChI=1S/C21H17ClN2O6S/c1-30-18-11-6-13(21(26)27)12-19(18)31(28,29)24-17-5-3-2-4-16(17)20(25)23-15-9-7-14(22)8-10-15/h2-12,24H,1H3,(H,23,25)(H,26,27). The summed E-state index contributed by atoms with van der Waals surface area (Å²) < 4.78 is 33.4. The van der Waals surface area contributed by atoms with Gasteiger partial charge in [-0.3, -0.25) is 9.52 Å². The number of carbonyl (C=O) groups is 2. The van der Waals surface area contributed by atoms with E-state index >= 15 is 0 Å². The average molecular weight is 461 g/mol. The molecule has 0 spiro atoms. The van der Waals surface area contributed by atoms with E-state index in [1.165, 1.54) is 31.4 Å². The summed E-state index contributed by atoms with van der Waals surface area (Å²) in [5.41, 5.74) is 0.323. The number of carbonyl (C=O) groups excluding carboxylic acids is 1. The number of rotatable bonds is 7. The van der Waals surface area contributed by atoms with Crippen molar-refractivity contribution in [2.45, 2.75) is 4.90 Å². The molecule has 0 bridgehead atoms. The van der Waals surface area contributed by atoms with Crippen LogP contribution < -0.4 is 14.8 Å². The molecule has 8 nitrogen and oxygen atoms in total. The average Bonchev–Trinajstić information content (AvgIpc) is 2.75. The molecule has 0 atom stereocenters. The van der Waals surface area contributed by atoms with Crippen molar-refractivity contribution in [2.24, 2.45) is 0 Å². The van der Waals surface area contributed by atoms with E-state index in [0.717, 1.165) is 6.07 Å². The molecule has 1 amide bonds. The summed E-state index contributed by atoms with van der Waals surface area (Å²) in [6.07, 6.45) is 0. The Balaban J connectivity index is 1.94. The molecule has 31 heavy (non-hydrogen) atoms. The third-order valence-corrected chi connectivity index (χ3v) is 5.86. The van der Waals surface area contributed by atoms with Gasteiger partial charge in [0, 0.05) is 10.7 Å². The minimum absolute atomic E-state index is 0.0109. The number of amides is 1. The first kappa shape index (κ1) is 22.1. The van der Waals surface area contributed by atoms with Gasteiger partial charge < -0.3 is 15.2 Å². The Morgan fingerprint density at radius 2 is 1.68 bits per heavy atom. The van der Waals surface area contributed by atoms with E-state index < -0.39 is 21.9 Å². The largest absolute Gasteiger partial charge is 0.495 e. The van der Waals surface area contributed by atoms with E-state index in [1.807, 2.05) is 0 Å². The minimum atomic E-state index is -4.28. The second-order valence-electron chi connectivity index (χ2n) is 6.28. The highest BCUT2D eigenvalue weighted by Gasteiger charge is 2.24. The predicted octanol–water partition coefficient (Wildman–Crippen LogP) is 4.10. The lowest BCUT2D eigenvalue weighted by molar-refractivity contribution is 0.0696. The van der Waals surface area contributed by atoms with Gasteiger partial charge in [-0.2, -0.15) is 0 Å². The molecule has 0 saturated carbocycles. The van der Waals surface area contributed by atoms with E-state index in [2.05, 4.69) is 10.0 Å². The maximum atomic E-state index is 13.0. The van der Waals surface area contributed by atoms with Gasteiger partial charge >= 0.3 is 5.97 Å². The van der Waals surface area contributed by atoms with Gasteiger partial charge in [-0.05, 0) is 54.6 Å². The van der Waals surface area contributed by atoms with Gasteiger partial charge in [0.25, 0.3) is 15.9 Å². The third kappa shape index (κ3) is 5.14. The van der Waals surface area contributed by atoms with Crippen molar-refractivity contribution in [3.05, 3.63) is 82.9 Å². The van der Waals surface area contributed by atoms with Gasteiger partial charge in [0.1, 0.15) is 10.6 Å². The predicted molar refractivity (Wildman–Crippen MR) is 117 cm³/mol. The summed E-state index contributed by atoms with van der Waals surface area (Å²) in [6.45, 7) is 0. The van der Waals surface area contributed by atoms with Crippen LogP contribution in [0.25, 0.3) is 0 Å². The number of ether oxygens (including phenoxy) is 1. The van der Waals surface area contributed by atoms with Crippen LogP contribution in [-0.2, 0) is 10.0 Å². The normalized spacial score (nSPS) is 10.9. The second-order valence-corrected chi connectivity index (χ2v) is 8.37. The molecule has 3 aromatic rings. The number of aromatic carboxylic acids is 1. The number of hydrogen-bond acceptors (Lipinski definition) is 5. The maximum Gasteiger partial charge on any atom is 0.335 e. The van der Waals surface area contributed by atoms with Crippen LogP contribution in [0.15, 0.2) is 71.6 Å². The Bertz CT molecular complexity index is 1240. The summed E-state index contributed by atoms with van der Waals surface area (Å²) in [4.78, 5) is 23.6. The van der Waals surface area contributed by atoms with Crippen molar-refractivity contribution in [2.75, 3.05) is 17.1 Å². The molecule has 0 heterocycles. The van der Waals surface area contributed by atoms with Crippen molar-refractivity contribution in [1.29, 1.82) is 0 Å². The molecule has 3 aromatic carbocycles. The van der Waals surface area contributed by atoms with Crippen molar-refractivity contribution in [1.82, 2.24) is 0 Å². The highest BCUT2D eigenvalue weighted by Crippen LogP contribution is 2.28. The van der Waals surface area contributed by atoms with Crippen LogP contribution in [0.5, 0.6) is 5.75 Å². The molecule has 0 aliphatic carbocycles. The number of halogens is 1. The summed E-state index contributed by atoms with van der Waals surface area (Å²) in [5.74, 6) is -1.88. The number of para-hydroxylation sites is 1. The zero-order chi connectivity index (χ0) is 22.6. The monoisotopic (exact) mass is 460 g/mol. The van der Waals surface area contributed by atoms with Gasteiger partial charge in [0.05, 0.1) is 23.9 Å². The molecule has 0 aromatic heterocycles. The number of anilines is 2. The highest BCUT2D eigenvalue weighted by atomic mass is 35.5. The van der Waals surface area contributed by atoms with Crippen LogP contribution in [0.2, 0.25) is 5.02 Å². The lowest BCUT2D eigenvalue weighted by atomic mass is 10.1. The van der Waals surface area contributed by atoms with Gasteiger partial charge in [0.15, 0.2) is 0 Å². The Hall–Kier alpha value is -3.56. The summed E-state index contributed by atoms with van der Waals surface area (Å²) >= 11 is 5.84. The van der Waals surface area contributed by atoms with Crippen molar-refractivity contribution in [3.8, 4) is 5.75 Å². The molecule has 160 valence electrons. The van der Waals surface area contributed by atoms with Crippen LogP contribution in [0.1, 0.15) is 20.7 Å². The smallest absolute Gasteiger partial charge is 0.335 e. The zero-order valence-corrected chi connectivity index (χ0v) is 17.7. The van der Waals surface area contributed by atoms with E-state index in [4.69, 9.17) is 16.3 Å². The minimum Gasteiger partial charge on any atom is -0.495 e. The van der Waals surface area contributed by atoms with Crippen LogP contribution in [0, 0.1) is 0 Å². The Kier molecular flexibility index (Phi) is 6.47. The van der Waals surface area contributed by atoms with Gasteiger partial charge in [-0.1, -0.05) is 23.7 Å². The number of sulfonamides is 1. The first-order chi connectivity index (χ1) is 14.7. The van der Waals surface area contributed by atoms with Crippen molar-refractivity contribution >= 4 is 44.9 Å². The molecule has 0 unspecified atom stereocenters. The summed E-state index contributed by atoms with van der Waals surface area (Å²) in [5, 5.41) is 12.4. The Morgan fingerprint density at radius 1 is 1.00 bits per heavy atom. The van der Waals surface area contributed by atoms with Crippen LogP contribution in [0.3, 0.4) is 0 Å². The quantitative estimate of drug-likeness (QED) is 0.488. The second kappa shape index (κ2) is 9.07. The fourth-order valence-corrected chi connectivity index (χ4v) is 4.12. The Labute approximate surface area is 183 Å². The molecule has 0 aliphatic heterocycles. The van der Waals surface area contributed by atoms with E-state index in [0.29, 0.717) is 10.7 Å². The van der Waals surface area contributed by atoms with E-state index in [1.54, 1.807) is 36.4 Å². The summed E-state index contributed by atoms with van der Waals surface area (Å²) in [7, 11) is -3.02. The number of methoxy groups -OCH3 is 1. The van der Waals surface area contributed by atoms with Gasteiger partial charge in [0.2, 0.25) is 0 Å². The fourth-order valence-electron chi connectivity index (χ4n) is 2.72. The molecule has 3 rings (SSSR count). The van der Waals surface area contributed by atoms with Crippen molar-refractivity contribution < 1.29 is 27.9 Å². The van der Waals surface area contributed by atoms with E-state index in [9.17, 15) is 23.1 Å². The number of carboxylic acids is 1. The highest BCUT2D eigenvalue weighted by molar-refractivity contribution is 7.92. The molecular weight excluding hydrogens is 444 g/mol. The molecule has 0 fully saturated rings. The zero-order valence-electron chi connectivity index (χ0n) is 16.1. The first-order valence-electron chi connectivity index (χ1n) is 8.81. The van der Waals surface area contributed by atoms with Crippen LogP contribution in [-0.4, -0.2) is 32.5 Å². The van der Waals surface area contributed by atoms with Crippen LogP contribution in [0.4, 0.5) is 11.4 Å². The third-order valence-electron chi connectivity index (χ3n) is 4.22. The van der Waals surface area contributed by atoms with E-state index in [-0.39, 0.29) is 27.5 Å². The molecule has 3 N–H and O–H groups in total. The van der Waals surface area contributed by atoms with Crippen molar-refractivity contribution in [3.63, 3.8) is 0 Å². The Morgan fingerprint density at radius 3 is 2.32 bits per heavy atom. The van der Waals surface area contributed by atoms with Gasteiger partial charge in [-0.25, -0.2) is 13.2 Å². The molecule has 0 saturated heterocycles. The fraction of sp³-hybridized carbons (Fsp3) is 0.0476. The maximum absolute atomic E-state index is 13.0. The topological polar surface area (TPSA) is 122 Å². The molecule has 0 aliphatic rings. The summed E-state index contributed by atoms with van der Waals surface area (Å²) in [6, 6.07) is 15.9. The van der Waals surface area contributed by atoms with Crippen LogP contribution >= 0.6 is 11.6 Å². The molecular formula is C21H17ClN2O6S. The lowest BCUT2D eigenvalue weighted by Crippen LogP contribution is -2.19. The molecule has 10 heteroatoms. The number of nitrogens with one attached hydrogen (secondary N) is 2. The van der Waals surface area contributed by atoms with Gasteiger partial charge in [-0.15, -0.1) is 0 Å². The first-order valence-corrected chi connectivity index (χ1v) is 10.7.